The minimum absolute atomic E-state index is 0.195. The highest BCUT2D eigenvalue weighted by atomic mass is 16.6. The Kier molecular flexibility index (Phi) is 5.25. The standard InChI is InChI=1S/C11H15NO5/c12-11(15)17-10-4-2-1-3-9(10)16-6-5-8(14)7-13/h1-4,8,13-14H,5-7H2,(H2,12,15). The lowest BCUT2D eigenvalue weighted by atomic mass is 10.3. The maximum Gasteiger partial charge on any atom is 0.410 e. The van der Waals surface area contributed by atoms with Gasteiger partial charge in [-0.2, -0.15) is 0 Å². The van der Waals surface area contributed by atoms with Crippen LogP contribution in [-0.2, 0) is 0 Å². The van der Waals surface area contributed by atoms with Gasteiger partial charge in [-0.05, 0) is 12.1 Å². The van der Waals surface area contributed by atoms with Gasteiger partial charge in [0.15, 0.2) is 11.5 Å². The van der Waals surface area contributed by atoms with Crippen molar-refractivity contribution in [2.75, 3.05) is 13.2 Å². The van der Waals surface area contributed by atoms with Gasteiger partial charge in [-0.1, -0.05) is 12.1 Å². The van der Waals surface area contributed by atoms with E-state index in [-0.39, 0.29) is 25.4 Å². The zero-order valence-electron chi connectivity index (χ0n) is 9.20. The molecule has 17 heavy (non-hydrogen) atoms. The van der Waals surface area contributed by atoms with E-state index in [9.17, 15) is 4.79 Å². The van der Waals surface area contributed by atoms with Gasteiger partial charge in [0.2, 0.25) is 0 Å². The van der Waals surface area contributed by atoms with E-state index in [1.807, 2.05) is 0 Å². The quantitative estimate of drug-likeness (QED) is 0.663. The Morgan fingerprint density at radius 2 is 2.00 bits per heavy atom. The summed E-state index contributed by atoms with van der Waals surface area (Å²) in [5, 5.41) is 17.7. The van der Waals surface area contributed by atoms with Crippen LogP contribution < -0.4 is 15.2 Å². The molecule has 0 aliphatic rings. The van der Waals surface area contributed by atoms with Crippen molar-refractivity contribution in [1.82, 2.24) is 0 Å². The number of rotatable bonds is 6. The van der Waals surface area contributed by atoms with E-state index in [1.165, 1.54) is 0 Å². The van der Waals surface area contributed by atoms with Gasteiger partial charge in [-0.15, -0.1) is 0 Å². The van der Waals surface area contributed by atoms with Gasteiger partial charge in [0.05, 0.1) is 19.3 Å². The lowest BCUT2D eigenvalue weighted by Gasteiger charge is -2.11. The molecule has 1 amide bonds. The Labute approximate surface area is 98.6 Å². The number of nitrogens with two attached hydrogens (primary N) is 1. The summed E-state index contributed by atoms with van der Waals surface area (Å²) in [6.07, 6.45) is -1.46. The lowest BCUT2D eigenvalue weighted by molar-refractivity contribution is 0.0750. The van der Waals surface area contributed by atoms with Gasteiger partial charge in [0.1, 0.15) is 0 Å². The molecule has 6 heteroatoms. The average Bonchev–Trinajstić information content (AvgIpc) is 2.30. The van der Waals surface area contributed by atoms with Crippen LogP contribution in [0.3, 0.4) is 0 Å². The summed E-state index contributed by atoms with van der Waals surface area (Å²) in [6, 6.07) is 6.55. The van der Waals surface area contributed by atoms with E-state index in [0.29, 0.717) is 5.75 Å². The third-order valence-electron chi connectivity index (χ3n) is 1.98. The van der Waals surface area contributed by atoms with E-state index in [1.54, 1.807) is 24.3 Å². The van der Waals surface area contributed by atoms with Crippen LogP contribution in [0, 0.1) is 0 Å². The highest BCUT2D eigenvalue weighted by Crippen LogP contribution is 2.26. The van der Waals surface area contributed by atoms with Crippen LogP contribution in [0.5, 0.6) is 11.5 Å². The Balaban J connectivity index is 2.54. The monoisotopic (exact) mass is 241 g/mol. The fourth-order valence-electron chi connectivity index (χ4n) is 1.16. The molecule has 1 atom stereocenters. The summed E-state index contributed by atoms with van der Waals surface area (Å²) < 4.78 is 10.0. The van der Waals surface area contributed by atoms with E-state index in [0.717, 1.165) is 0 Å². The third-order valence-corrected chi connectivity index (χ3v) is 1.98. The summed E-state index contributed by atoms with van der Waals surface area (Å²) in [4.78, 5) is 10.6. The predicted octanol–water partition coefficient (Wildman–Crippen LogP) is 0.266. The lowest BCUT2D eigenvalue weighted by Crippen LogP contribution is -2.18. The first kappa shape index (κ1) is 13.3. The fourth-order valence-corrected chi connectivity index (χ4v) is 1.16. The molecule has 0 fully saturated rings. The molecule has 1 aromatic rings. The van der Waals surface area contributed by atoms with Crippen molar-refractivity contribution >= 4 is 6.09 Å². The van der Waals surface area contributed by atoms with Gasteiger partial charge in [0.25, 0.3) is 0 Å². The summed E-state index contributed by atoms with van der Waals surface area (Å²) in [7, 11) is 0. The smallest absolute Gasteiger partial charge is 0.410 e. The minimum Gasteiger partial charge on any atom is -0.490 e. The Morgan fingerprint density at radius 3 is 2.59 bits per heavy atom. The molecule has 1 unspecified atom stereocenters. The molecule has 1 aromatic carbocycles. The first-order chi connectivity index (χ1) is 8.13. The largest absolute Gasteiger partial charge is 0.490 e. The molecule has 0 spiro atoms. The zero-order chi connectivity index (χ0) is 12.7. The van der Waals surface area contributed by atoms with E-state index < -0.39 is 12.2 Å². The van der Waals surface area contributed by atoms with Crippen LogP contribution in [0.15, 0.2) is 24.3 Å². The normalized spacial score (nSPS) is 11.9. The van der Waals surface area contributed by atoms with Crippen LogP contribution in [0.4, 0.5) is 4.79 Å². The number of aliphatic hydroxyl groups excluding tert-OH is 2. The topological polar surface area (TPSA) is 102 Å². The van der Waals surface area contributed by atoms with Crippen molar-refractivity contribution in [3.8, 4) is 11.5 Å². The van der Waals surface area contributed by atoms with Crippen LogP contribution >= 0.6 is 0 Å². The van der Waals surface area contributed by atoms with Crippen molar-refractivity contribution in [2.45, 2.75) is 12.5 Å². The SMILES string of the molecule is NC(=O)Oc1ccccc1OCCC(O)CO. The number of carbonyl (C=O) groups excluding carboxylic acids is 1. The molecule has 0 radical (unpaired) electrons. The average molecular weight is 241 g/mol. The molecule has 0 saturated heterocycles. The van der Waals surface area contributed by atoms with Crippen molar-refractivity contribution in [1.29, 1.82) is 0 Å². The summed E-state index contributed by atoms with van der Waals surface area (Å²) >= 11 is 0. The number of ether oxygens (including phenoxy) is 2. The molecule has 6 nitrogen and oxygen atoms in total. The number of amides is 1. The van der Waals surface area contributed by atoms with E-state index >= 15 is 0 Å². The molecule has 0 aliphatic carbocycles. The first-order valence-corrected chi connectivity index (χ1v) is 5.11. The second-order valence-electron chi connectivity index (χ2n) is 3.34. The molecule has 94 valence electrons. The number of para-hydroxylation sites is 2. The van der Waals surface area contributed by atoms with Gasteiger partial charge >= 0.3 is 6.09 Å². The second kappa shape index (κ2) is 6.72. The number of benzene rings is 1. The molecule has 0 aromatic heterocycles. The second-order valence-corrected chi connectivity index (χ2v) is 3.34. The molecule has 0 aliphatic heterocycles. The molecule has 0 bridgehead atoms. The highest BCUT2D eigenvalue weighted by molar-refractivity contribution is 5.69. The van der Waals surface area contributed by atoms with Gasteiger partial charge < -0.3 is 25.4 Å². The molecular weight excluding hydrogens is 226 g/mol. The number of carbonyl (C=O) groups is 1. The van der Waals surface area contributed by atoms with Gasteiger partial charge in [0, 0.05) is 6.42 Å². The van der Waals surface area contributed by atoms with Crippen molar-refractivity contribution < 1.29 is 24.5 Å². The van der Waals surface area contributed by atoms with E-state index in [2.05, 4.69) is 0 Å². The van der Waals surface area contributed by atoms with Crippen LogP contribution in [0.25, 0.3) is 0 Å². The zero-order valence-corrected chi connectivity index (χ0v) is 9.20. The molecule has 4 N–H and O–H groups in total. The molecule has 0 saturated carbocycles. The maximum atomic E-state index is 10.6. The Hall–Kier alpha value is -1.79. The molecular formula is C11H15NO5. The van der Waals surface area contributed by atoms with Crippen molar-refractivity contribution in [3.05, 3.63) is 24.3 Å². The molecule has 0 heterocycles. The van der Waals surface area contributed by atoms with E-state index in [4.69, 9.17) is 25.4 Å². The third kappa shape index (κ3) is 4.71. The summed E-state index contributed by atoms with van der Waals surface area (Å²) in [5.74, 6) is 0.579. The first-order valence-electron chi connectivity index (χ1n) is 5.11. The van der Waals surface area contributed by atoms with Crippen molar-refractivity contribution in [3.63, 3.8) is 0 Å². The number of aliphatic hydroxyl groups is 2. The van der Waals surface area contributed by atoms with Crippen LogP contribution in [-0.4, -0.2) is 35.6 Å². The predicted molar refractivity (Wildman–Crippen MR) is 59.9 cm³/mol. The number of hydrogen-bond donors (Lipinski definition) is 3. The van der Waals surface area contributed by atoms with Crippen LogP contribution in [0.2, 0.25) is 0 Å². The number of hydrogen-bond acceptors (Lipinski definition) is 5. The number of primary amides is 1. The van der Waals surface area contributed by atoms with Gasteiger partial charge in [-0.3, -0.25) is 0 Å². The highest BCUT2D eigenvalue weighted by Gasteiger charge is 2.08. The molecule has 1 rings (SSSR count). The van der Waals surface area contributed by atoms with Crippen molar-refractivity contribution in [2.24, 2.45) is 5.73 Å². The van der Waals surface area contributed by atoms with Gasteiger partial charge in [-0.25, -0.2) is 4.79 Å². The van der Waals surface area contributed by atoms with Crippen LogP contribution in [0.1, 0.15) is 6.42 Å². The Morgan fingerprint density at radius 1 is 1.35 bits per heavy atom. The minimum atomic E-state index is -0.920. The Bertz CT molecular complexity index is 369. The maximum absolute atomic E-state index is 10.6. The summed E-state index contributed by atoms with van der Waals surface area (Å²) in [6.45, 7) is -0.121. The summed E-state index contributed by atoms with van der Waals surface area (Å²) in [5.41, 5.74) is 4.90. The fraction of sp³-hybridized carbons (Fsp3) is 0.364.